The molecule has 0 aromatic carbocycles. The average Bonchev–Trinajstić information content (AvgIpc) is 3.02. The first kappa shape index (κ1) is 12.5. The van der Waals surface area contributed by atoms with E-state index in [1.165, 1.54) is 12.5 Å². The molecule has 0 fully saturated rings. The highest BCUT2D eigenvalue weighted by atomic mass is 16.5. The van der Waals surface area contributed by atoms with Gasteiger partial charge in [0, 0.05) is 24.0 Å². The Kier molecular flexibility index (Phi) is 3.06. The Bertz CT molecular complexity index is 730. The van der Waals surface area contributed by atoms with Crippen molar-refractivity contribution in [1.29, 1.82) is 0 Å². The van der Waals surface area contributed by atoms with Crippen LogP contribution >= 0.6 is 0 Å². The molecular formula is C14H16N4O2. The summed E-state index contributed by atoms with van der Waals surface area (Å²) in [7, 11) is 0. The van der Waals surface area contributed by atoms with Crippen molar-refractivity contribution in [3.63, 3.8) is 0 Å². The van der Waals surface area contributed by atoms with E-state index < -0.39 is 0 Å². The van der Waals surface area contributed by atoms with Crippen molar-refractivity contribution in [1.82, 2.24) is 19.9 Å². The maximum absolute atomic E-state index is 9.47. The van der Waals surface area contributed by atoms with Crippen LogP contribution in [0.2, 0.25) is 0 Å². The average molecular weight is 272 g/mol. The number of hydrogen-bond donors (Lipinski definition) is 3. The zero-order valence-corrected chi connectivity index (χ0v) is 11.3. The quantitative estimate of drug-likeness (QED) is 0.681. The number of ether oxygens (including phenoxy) is 1. The molecule has 3 aromatic rings. The maximum Gasteiger partial charge on any atom is 0.226 e. The number of hydrogen-bond acceptors (Lipinski definition) is 4. The van der Waals surface area contributed by atoms with Crippen LogP contribution < -0.4 is 4.74 Å². The molecule has 3 N–H and O–H groups in total. The van der Waals surface area contributed by atoms with Crippen LogP contribution in [0, 0.1) is 5.92 Å². The van der Waals surface area contributed by atoms with Gasteiger partial charge in [-0.25, -0.2) is 9.97 Å². The van der Waals surface area contributed by atoms with E-state index in [1.54, 1.807) is 6.07 Å². The molecule has 0 unspecified atom stereocenters. The molecule has 0 amide bonds. The van der Waals surface area contributed by atoms with E-state index in [4.69, 9.17) is 4.74 Å². The second kappa shape index (κ2) is 4.88. The lowest BCUT2D eigenvalue weighted by Crippen LogP contribution is -2.06. The largest absolute Gasteiger partial charge is 0.506 e. The summed E-state index contributed by atoms with van der Waals surface area (Å²) in [5.74, 6) is 1.15. The predicted octanol–water partition coefficient (Wildman–Crippen LogP) is 2.69. The second-order valence-electron chi connectivity index (χ2n) is 5.08. The third kappa shape index (κ3) is 2.20. The van der Waals surface area contributed by atoms with Crippen molar-refractivity contribution in [3.05, 3.63) is 24.8 Å². The third-order valence-corrected chi connectivity index (χ3v) is 2.95. The second-order valence-corrected chi connectivity index (χ2v) is 5.08. The summed E-state index contributed by atoms with van der Waals surface area (Å²) < 4.78 is 5.76. The smallest absolute Gasteiger partial charge is 0.226 e. The number of rotatable bonds is 4. The van der Waals surface area contributed by atoms with Crippen LogP contribution in [0.25, 0.3) is 22.3 Å². The molecule has 6 nitrogen and oxygen atoms in total. The number of H-pyrrole nitrogens is 2. The Morgan fingerprint density at radius 1 is 1.25 bits per heavy atom. The van der Waals surface area contributed by atoms with Crippen molar-refractivity contribution in [2.45, 2.75) is 13.8 Å². The Morgan fingerprint density at radius 2 is 2.10 bits per heavy atom. The normalized spacial score (nSPS) is 11.3. The molecule has 0 bridgehead atoms. The van der Waals surface area contributed by atoms with Gasteiger partial charge in [0.05, 0.1) is 17.7 Å². The van der Waals surface area contributed by atoms with Crippen LogP contribution in [0.15, 0.2) is 24.8 Å². The molecule has 0 aliphatic carbocycles. The van der Waals surface area contributed by atoms with E-state index >= 15 is 0 Å². The standard InChI is InChI=1S/C14H16N4O2/c1-8(2)6-20-14-12-10(11-3-9(19)4-15-11)5-16-13(12)17-7-18-14/h3-5,7-8,15,19H,6H2,1-2H3,(H,16,17,18). The first-order valence-electron chi connectivity index (χ1n) is 6.48. The molecule has 6 heteroatoms. The first-order chi connectivity index (χ1) is 9.65. The summed E-state index contributed by atoms with van der Waals surface area (Å²) in [5.41, 5.74) is 2.38. The highest BCUT2D eigenvalue weighted by Gasteiger charge is 2.15. The summed E-state index contributed by atoms with van der Waals surface area (Å²) >= 11 is 0. The van der Waals surface area contributed by atoms with E-state index in [0.717, 1.165) is 16.6 Å². The Morgan fingerprint density at radius 3 is 2.80 bits per heavy atom. The molecule has 0 saturated carbocycles. The van der Waals surface area contributed by atoms with Crippen LogP contribution in [0.3, 0.4) is 0 Å². The summed E-state index contributed by atoms with van der Waals surface area (Å²) in [5, 5.41) is 10.3. The molecule has 104 valence electrons. The van der Waals surface area contributed by atoms with Crippen molar-refractivity contribution < 1.29 is 9.84 Å². The SMILES string of the molecule is CC(C)COc1ncnc2[nH]cc(-c3cc(O)c[nH]3)c12. The monoisotopic (exact) mass is 272 g/mol. The third-order valence-electron chi connectivity index (χ3n) is 2.95. The Balaban J connectivity index is 2.09. The van der Waals surface area contributed by atoms with Gasteiger partial charge in [-0.3, -0.25) is 0 Å². The van der Waals surface area contributed by atoms with Crippen molar-refractivity contribution in [2.75, 3.05) is 6.61 Å². The number of aromatic nitrogens is 4. The van der Waals surface area contributed by atoms with E-state index in [2.05, 4.69) is 33.8 Å². The van der Waals surface area contributed by atoms with Gasteiger partial charge >= 0.3 is 0 Å². The minimum Gasteiger partial charge on any atom is -0.506 e. The van der Waals surface area contributed by atoms with Crippen molar-refractivity contribution in [2.24, 2.45) is 5.92 Å². The molecule has 0 spiro atoms. The molecule has 20 heavy (non-hydrogen) atoms. The fourth-order valence-electron chi connectivity index (χ4n) is 2.04. The number of nitrogens with zero attached hydrogens (tertiary/aromatic N) is 2. The molecule has 0 saturated heterocycles. The lowest BCUT2D eigenvalue weighted by atomic mass is 10.2. The highest BCUT2D eigenvalue weighted by molar-refractivity contribution is 5.96. The molecule has 0 aliphatic rings. The lowest BCUT2D eigenvalue weighted by Gasteiger charge is -2.09. The van der Waals surface area contributed by atoms with Gasteiger partial charge in [0.25, 0.3) is 0 Å². The summed E-state index contributed by atoms with van der Waals surface area (Å²) in [6, 6.07) is 1.65. The van der Waals surface area contributed by atoms with Gasteiger partial charge in [0.2, 0.25) is 5.88 Å². The number of fused-ring (bicyclic) bond motifs is 1. The summed E-state index contributed by atoms with van der Waals surface area (Å²) in [6.07, 6.45) is 4.84. The van der Waals surface area contributed by atoms with Gasteiger partial charge in [-0.2, -0.15) is 0 Å². The van der Waals surface area contributed by atoms with Gasteiger partial charge in [-0.15, -0.1) is 0 Å². The van der Waals surface area contributed by atoms with Crippen LogP contribution in [-0.2, 0) is 0 Å². The Hall–Kier alpha value is -2.50. The molecule has 0 radical (unpaired) electrons. The van der Waals surface area contributed by atoms with E-state index in [9.17, 15) is 5.11 Å². The van der Waals surface area contributed by atoms with Crippen molar-refractivity contribution >= 4 is 11.0 Å². The molecule has 3 aromatic heterocycles. The molecule has 3 rings (SSSR count). The van der Waals surface area contributed by atoms with E-state index in [1.807, 2.05) is 6.20 Å². The summed E-state index contributed by atoms with van der Waals surface area (Å²) in [4.78, 5) is 14.5. The topological polar surface area (TPSA) is 86.8 Å². The zero-order chi connectivity index (χ0) is 14.1. The number of aromatic amines is 2. The lowest BCUT2D eigenvalue weighted by molar-refractivity contribution is 0.264. The molecule has 0 aliphatic heterocycles. The van der Waals surface area contributed by atoms with Gasteiger partial charge in [-0.05, 0) is 5.92 Å². The van der Waals surface area contributed by atoms with Gasteiger partial charge in [0.15, 0.2) is 0 Å². The van der Waals surface area contributed by atoms with Crippen LogP contribution in [0.5, 0.6) is 11.6 Å². The van der Waals surface area contributed by atoms with E-state index in [-0.39, 0.29) is 5.75 Å². The Labute approximate surface area is 115 Å². The van der Waals surface area contributed by atoms with Gasteiger partial charge in [0.1, 0.15) is 17.7 Å². The van der Waals surface area contributed by atoms with Gasteiger partial charge in [-0.1, -0.05) is 13.8 Å². The molecule has 3 heterocycles. The molecular weight excluding hydrogens is 256 g/mol. The highest BCUT2D eigenvalue weighted by Crippen LogP contribution is 2.33. The van der Waals surface area contributed by atoms with Crippen molar-refractivity contribution in [3.8, 4) is 22.9 Å². The minimum atomic E-state index is 0.191. The minimum absolute atomic E-state index is 0.191. The van der Waals surface area contributed by atoms with Gasteiger partial charge < -0.3 is 19.8 Å². The van der Waals surface area contributed by atoms with Crippen LogP contribution in [0.4, 0.5) is 0 Å². The maximum atomic E-state index is 9.47. The zero-order valence-electron chi connectivity index (χ0n) is 11.3. The van der Waals surface area contributed by atoms with Crippen LogP contribution in [0.1, 0.15) is 13.8 Å². The molecule has 0 atom stereocenters. The summed E-state index contributed by atoms with van der Waals surface area (Å²) in [6.45, 7) is 4.76. The fourth-order valence-corrected chi connectivity index (χ4v) is 2.04. The van der Waals surface area contributed by atoms with Crippen LogP contribution in [-0.4, -0.2) is 31.6 Å². The number of aromatic hydroxyl groups is 1. The first-order valence-corrected chi connectivity index (χ1v) is 6.48. The van der Waals surface area contributed by atoms with E-state index in [0.29, 0.717) is 24.1 Å². The fraction of sp³-hybridized carbons (Fsp3) is 0.286. The predicted molar refractivity (Wildman–Crippen MR) is 75.7 cm³/mol. The number of nitrogens with one attached hydrogen (secondary N) is 2.